The first-order valence-corrected chi connectivity index (χ1v) is 11.8. The molecule has 3 aromatic carbocycles. The van der Waals surface area contributed by atoms with E-state index in [4.69, 9.17) is 0 Å². The van der Waals surface area contributed by atoms with Crippen LogP contribution in [0.1, 0.15) is 29.5 Å². The standard InChI is InChI=1S/C25H24FNO3S/c26-22-11-14-24(15-12-22)31(29,30)27-16-4-7-21-10-8-20(18-25(21)27)17-23(28)13-9-19-5-2-1-3-6-19/h1-3,5-6,8,10-12,14-15,18H,4,7,9,13,16-17H2. The van der Waals surface area contributed by atoms with Crippen LogP contribution in [0, 0.1) is 5.82 Å². The summed E-state index contributed by atoms with van der Waals surface area (Å²) >= 11 is 0. The fourth-order valence-corrected chi connectivity index (χ4v) is 5.46. The molecule has 0 saturated heterocycles. The summed E-state index contributed by atoms with van der Waals surface area (Å²) in [5.41, 5.74) is 3.48. The molecule has 0 radical (unpaired) electrons. The van der Waals surface area contributed by atoms with Gasteiger partial charge in [-0.25, -0.2) is 12.8 Å². The first-order valence-electron chi connectivity index (χ1n) is 10.4. The third kappa shape index (κ3) is 4.85. The average Bonchev–Trinajstić information content (AvgIpc) is 2.78. The van der Waals surface area contributed by atoms with Crippen molar-refractivity contribution in [1.29, 1.82) is 0 Å². The first kappa shape index (κ1) is 21.2. The van der Waals surface area contributed by atoms with E-state index in [0.717, 1.165) is 35.2 Å². The minimum absolute atomic E-state index is 0.0612. The Kier molecular flexibility index (Phi) is 6.18. The highest BCUT2D eigenvalue weighted by molar-refractivity contribution is 7.92. The van der Waals surface area contributed by atoms with Crippen LogP contribution < -0.4 is 4.31 Å². The van der Waals surface area contributed by atoms with Crippen molar-refractivity contribution in [2.45, 2.75) is 37.0 Å². The average molecular weight is 438 g/mol. The fourth-order valence-electron chi connectivity index (χ4n) is 3.92. The number of nitrogens with zero attached hydrogens (tertiary/aromatic N) is 1. The summed E-state index contributed by atoms with van der Waals surface area (Å²) in [7, 11) is -3.80. The normalized spacial score (nSPS) is 13.6. The van der Waals surface area contributed by atoms with Crippen molar-refractivity contribution >= 4 is 21.5 Å². The Hall–Kier alpha value is -2.99. The maximum atomic E-state index is 13.3. The third-order valence-electron chi connectivity index (χ3n) is 5.56. The topological polar surface area (TPSA) is 54.5 Å². The lowest BCUT2D eigenvalue weighted by Crippen LogP contribution is -2.35. The molecule has 0 amide bonds. The lowest BCUT2D eigenvalue weighted by molar-refractivity contribution is -0.118. The first-order chi connectivity index (χ1) is 14.9. The summed E-state index contributed by atoms with van der Waals surface area (Å²) in [5, 5.41) is 0. The van der Waals surface area contributed by atoms with Crippen LogP contribution in [0.3, 0.4) is 0 Å². The maximum absolute atomic E-state index is 13.3. The van der Waals surface area contributed by atoms with Crippen molar-refractivity contribution in [3.8, 4) is 0 Å². The largest absolute Gasteiger partial charge is 0.299 e. The summed E-state index contributed by atoms with van der Waals surface area (Å²) in [6, 6.07) is 20.4. The lowest BCUT2D eigenvalue weighted by Gasteiger charge is -2.31. The number of carbonyl (C=O) groups is 1. The summed E-state index contributed by atoms with van der Waals surface area (Å²) in [5.74, 6) is -0.359. The quantitative estimate of drug-likeness (QED) is 0.538. The third-order valence-corrected chi connectivity index (χ3v) is 7.39. The molecule has 1 heterocycles. The SMILES string of the molecule is O=C(CCc1ccccc1)Cc1ccc2c(c1)N(S(=O)(=O)c1ccc(F)cc1)CCC2. The Morgan fingerprint density at radius 1 is 0.935 bits per heavy atom. The molecule has 0 aliphatic carbocycles. The molecule has 3 aromatic rings. The van der Waals surface area contributed by atoms with Gasteiger partial charge in [-0.05, 0) is 66.3 Å². The van der Waals surface area contributed by atoms with Crippen LogP contribution in [0.25, 0.3) is 0 Å². The van der Waals surface area contributed by atoms with Crippen LogP contribution in [0.4, 0.5) is 10.1 Å². The molecule has 4 nitrogen and oxygen atoms in total. The van der Waals surface area contributed by atoms with E-state index in [1.807, 2.05) is 48.5 Å². The zero-order valence-corrected chi connectivity index (χ0v) is 17.9. The van der Waals surface area contributed by atoms with Gasteiger partial charge in [0.25, 0.3) is 10.0 Å². The van der Waals surface area contributed by atoms with Crippen LogP contribution in [0.15, 0.2) is 77.7 Å². The summed E-state index contributed by atoms with van der Waals surface area (Å²) in [6.07, 6.45) is 2.90. The van der Waals surface area contributed by atoms with Gasteiger partial charge in [-0.3, -0.25) is 9.10 Å². The molecule has 0 atom stereocenters. The van der Waals surface area contributed by atoms with Crippen molar-refractivity contribution in [3.63, 3.8) is 0 Å². The van der Waals surface area contributed by atoms with E-state index >= 15 is 0 Å². The number of carbonyl (C=O) groups excluding carboxylic acids is 1. The molecule has 0 N–H and O–H groups in total. The van der Waals surface area contributed by atoms with Crippen LogP contribution in [0.5, 0.6) is 0 Å². The molecule has 0 bridgehead atoms. The zero-order chi connectivity index (χ0) is 21.8. The number of anilines is 1. The molecule has 0 spiro atoms. The van der Waals surface area contributed by atoms with Gasteiger partial charge in [0.2, 0.25) is 0 Å². The number of sulfonamides is 1. The van der Waals surface area contributed by atoms with Crippen LogP contribution in [-0.2, 0) is 34.1 Å². The molecular formula is C25H24FNO3S. The van der Waals surface area contributed by atoms with Crippen molar-refractivity contribution < 1.29 is 17.6 Å². The molecule has 0 fully saturated rings. The van der Waals surface area contributed by atoms with Crippen molar-refractivity contribution in [2.75, 3.05) is 10.8 Å². The number of aryl methyl sites for hydroxylation is 2. The second-order valence-electron chi connectivity index (χ2n) is 7.80. The highest BCUT2D eigenvalue weighted by Crippen LogP contribution is 2.33. The molecule has 1 aliphatic rings. The maximum Gasteiger partial charge on any atom is 0.264 e. The molecule has 0 aromatic heterocycles. The van der Waals surface area contributed by atoms with Crippen molar-refractivity contribution in [1.82, 2.24) is 0 Å². The Morgan fingerprint density at radius 3 is 2.42 bits per heavy atom. The van der Waals surface area contributed by atoms with E-state index in [-0.39, 0.29) is 17.1 Å². The van der Waals surface area contributed by atoms with Gasteiger partial charge in [0.05, 0.1) is 10.6 Å². The predicted octanol–water partition coefficient (Wildman–Crippen LogP) is 4.71. The highest BCUT2D eigenvalue weighted by Gasteiger charge is 2.29. The molecule has 6 heteroatoms. The second-order valence-corrected chi connectivity index (χ2v) is 9.66. The van der Waals surface area contributed by atoms with E-state index in [9.17, 15) is 17.6 Å². The number of rotatable bonds is 7. The monoisotopic (exact) mass is 437 g/mol. The fraction of sp³-hybridized carbons (Fsp3) is 0.240. The summed E-state index contributed by atoms with van der Waals surface area (Å²) in [6.45, 7) is 0.359. The van der Waals surface area contributed by atoms with Gasteiger partial charge in [0.1, 0.15) is 11.6 Å². The van der Waals surface area contributed by atoms with Gasteiger partial charge < -0.3 is 0 Å². The predicted molar refractivity (Wildman–Crippen MR) is 119 cm³/mol. The number of ketones is 1. The smallest absolute Gasteiger partial charge is 0.264 e. The van der Waals surface area contributed by atoms with E-state index in [1.165, 1.54) is 16.4 Å². The molecule has 0 unspecified atom stereocenters. The van der Waals surface area contributed by atoms with E-state index in [1.54, 1.807) is 0 Å². The highest BCUT2D eigenvalue weighted by atomic mass is 32.2. The summed E-state index contributed by atoms with van der Waals surface area (Å²) in [4.78, 5) is 12.6. The van der Waals surface area contributed by atoms with Gasteiger partial charge in [0, 0.05) is 19.4 Å². The van der Waals surface area contributed by atoms with Gasteiger partial charge in [0.15, 0.2) is 0 Å². The molecule has 160 valence electrons. The number of fused-ring (bicyclic) bond motifs is 1. The number of hydrogen-bond acceptors (Lipinski definition) is 3. The number of halogens is 1. The van der Waals surface area contributed by atoms with E-state index in [0.29, 0.717) is 31.5 Å². The molecule has 31 heavy (non-hydrogen) atoms. The molecular weight excluding hydrogens is 413 g/mol. The molecule has 4 rings (SSSR count). The molecule has 1 aliphatic heterocycles. The number of Topliss-reactive ketones (excluding diaryl/α,β-unsaturated/α-hetero) is 1. The van der Waals surface area contributed by atoms with Crippen molar-refractivity contribution in [3.05, 3.63) is 95.3 Å². The second kappa shape index (κ2) is 9.02. The Morgan fingerprint density at radius 2 is 1.68 bits per heavy atom. The van der Waals surface area contributed by atoms with Crippen LogP contribution in [0.2, 0.25) is 0 Å². The van der Waals surface area contributed by atoms with Gasteiger partial charge >= 0.3 is 0 Å². The summed E-state index contributed by atoms with van der Waals surface area (Å²) < 4.78 is 41.0. The van der Waals surface area contributed by atoms with Gasteiger partial charge in [-0.15, -0.1) is 0 Å². The lowest BCUT2D eigenvalue weighted by atomic mass is 9.97. The number of benzene rings is 3. The zero-order valence-electron chi connectivity index (χ0n) is 17.1. The molecule has 0 saturated carbocycles. The minimum Gasteiger partial charge on any atom is -0.299 e. The number of hydrogen-bond donors (Lipinski definition) is 0. The van der Waals surface area contributed by atoms with Crippen LogP contribution in [-0.4, -0.2) is 20.7 Å². The van der Waals surface area contributed by atoms with Crippen molar-refractivity contribution in [2.24, 2.45) is 0 Å². The van der Waals surface area contributed by atoms with E-state index < -0.39 is 15.8 Å². The minimum atomic E-state index is -3.80. The Balaban J connectivity index is 1.53. The Bertz CT molecular complexity index is 1180. The van der Waals surface area contributed by atoms with Crippen LogP contribution >= 0.6 is 0 Å². The van der Waals surface area contributed by atoms with E-state index in [2.05, 4.69) is 0 Å². The van der Waals surface area contributed by atoms with Gasteiger partial charge in [-0.2, -0.15) is 0 Å². The van der Waals surface area contributed by atoms with Gasteiger partial charge in [-0.1, -0.05) is 42.5 Å². The Labute approximate surface area is 182 Å².